The van der Waals surface area contributed by atoms with Crippen molar-refractivity contribution in [2.24, 2.45) is 0 Å². The number of hydrogen-bond donors (Lipinski definition) is 0. The first-order valence-corrected chi connectivity index (χ1v) is 5.23. The summed E-state index contributed by atoms with van der Waals surface area (Å²) in [4.78, 5) is 15.6. The van der Waals surface area contributed by atoms with E-state index in [4.69, 9.17) is 0 Å². The molecule has 13 heavy (non-hydrogen) atoms. The van der Waals surface area contributed by atoms with Crippen LogP contribution < -0.4 is 0 Å². The van der Waals surface area contributed by atoms with Crippen LogP contribution in [0.25, 0.3) is 0 Å². The molecule has 4 nitrogen and oxygen atoms in total. The zero-order chi connectivity index (χ0) is 9.26. The minimum absolute atomic E-state index is 0.155. The fourth-order valence-corrected chi connectivity index (χ4v) is 1.89. The van der Waals surface area contributed by atoms with Crippen molar-refractivity contribution >= 4 is 28.7 Å². The van der Waals surface area contributed by atoms with Gasteiger partial charge in [0.25, 0.3) is 0 Å². The van der Waals surface area contributed by atoms with E-state index in [1.165, 1.54) is 11.3 Å². The summed E-state index contributed by atoms with van der Waals surface area (Å²) in [6.45, 7) is 1.86. The van der Waals surface area contributed by atoms with Gasteiger partial charge in [0.2, 0.25) is 5.78 Å². The van der Waals surface area contributed by atoms with Gasteiger partial charge in [-0.1, -0.05) is 4.49 Å². The highest BCUT2D eigenvalue weighted by atomic mass is 32.1. The maximum Gasteiger partial charge on any atom is 0.233 e. The van der Waals surface area contributed by atoms with E-state index in [2.05, 4.69) is 14.6 Å². The van der Waals surface area contributed by atoms with E-state index in [1.807, 2.05) is 6.92 Å². The number of aryl methyl sites for hydroxylation is 1. The molecule has 0 unspecified atom stereocenters. The predicted molar refractivity (Wildman–Crippen MR) is 50.2 cm³/mol. The predicted octanol–water partition coefficient (Wildman–Crippen LogP) is 1.53. The van der Waals surface area contributed by atoms with E-state index in [9.17, 15) is 4.79 Å². The van der Waals surface area contributed by atoms with Crippen molar-refractivity contribution in [1.29, 1.82) is 0 Å². The fraction of sp³-hybridized carbons (Fsp3) is 0.143. The van der Waals surface area contributed by atoms with Gasteiger partial charge in [0.15, 0.2) is 0 Å². The second kappa shape index (κ2) is 3.31. The number of aromatic nitrogens is 3. The molecule has 0 aliphatic rings. The molecule has 0 radical (unpaired) electrons. The zero-order valence-corrected chi connectivity index (χ0v) is 8.35. The molecular formula is C7H5N3OS2. The van der Waals surface area contributed by atoms with Crippen LogP contribution in [-0.2, 0) is 0 Å². The Labute approximate surface area is 82.4 Å². The lowest BCUT2D eigenvalue weighted by atomic mass is 10.2. The lowest BCUT2D eigenvalue weighted by molar-refractivity contribution is 0.103. The molecule has 0 saturated carbocycles. The molecule has 0 aliphatic carbocycles. The first-order valence-electron chi connectivity index (χ1n) is 3.51. The van der Waals surface area contributed by atoms with Crippen LogP contribution in [0, 0.1) is 6.92 Å². The maximum atomic E-state index is 11.6. The molecule has 0 aromatic carbocycles. The molecule has 0 atom stereocenters. The number of hydrogen-bond acceptors (Lipinski definition) is 6. The first kappa shape index (κ1) is 8.46. The summed E-state index contributed by atoms with van der Waals surface area (Å²) in [6.07, 6.45) is 0. The van der Waals surface area contributed by atoms with Crippen LogP contribution in [0.1, 0.15) is 21.2 Å². The Balaban J connectivity index is 2.33. The van der Waals surface area contributed by atoms with Crippen LogP contribution in [0.5, 0.6) is 0 Å². The van der Waals surface area contributed by atoms with E-state index < -0.39 is 0 Å². The summed E-state index contributed by atoms with van der Waals surface area (Å²) in [6, 6.07) is 0. The number of carbonyl (C=O) groups excluding carboxylic acids is 1. The van der Waals surface area contributed by atoms with Gasteiger partial charge >= 0.3 is 0 Å². The lowest BCUT2D eigenvalue weighted by Crippen LogP contribution is -2.02. The molecule has 0 aliphatic heterocycles. The summed E-state index contributed by atoms with van der Waals surface area (Å²) in [7, 11) is 0. The minimum Gasteiger partial charge on any atom is -0.285 e. The van der Waals surface area contributed by atoms with Crippen LogP contribution in [0.2, 0.25) is 0 Å². The Morgan fingerprint density at radius 3 is 2.77 bits per heavy atom. The van der Waals surface area contributed by atoms with E-state index >= 15 is 0 Å². The normalized spacial score (nSPS) is 10.2. The van der Waals surface area contributed by atoms with Gasteiger partial charge in [-0.25, -0.2) is 4.98 Å². The van der Waals surface area contributed by atoms with Gasteiger partial charge < -0.3 is 0 Å². The SMILES string of the molecule is Cc1nc(C(=O)c2csnn2)cs1. The van der Waals surface area contributed by atoms with E-state index in [1.54, 1.807) is 10.8 Å². The minimum atomic E-state index is -0.155. The third kappa shape index (κ3) is 1.63. The Hall–Kier alpha value is -1.14. The van der Waals surface area contributed by atoms with Crippen LogP contribution in [0.15, 0.2) is 10.8 Å². The molecule has 0 bridgehead atoms. The van der Waals surface area contributed by atoms with Crippen LogP contribution in [0.4, 0.5) is 0 Å². The summed E-state index contributed by atoms with van der Waals surface area (Å²) in [5.41, 5.74) is 0.825. The number of carbonyl (C=O) groups is 1. The van der Waals surface area contributed by atoms with Crippen molar-refractivity contribution in [2.45, 2.75) is 6.92 Å². The highest BCUT2D eigenvalue weighted by molar-refractivity contribution is 7.09. The highest BCUT2D eigenvalue weighted by Crippen LogP contribution is 2.12. The monoisotopic (exact) mass is 211 g/mol. The van der Waals surface area contributed by atoms with Crippen LogP contribution in [0.3, 0.4) is 0 Å². The molecular weight excluding hydrogens is 206 g/mol. The summed E-state index contributed by atoms with van der Waals surface area (Å²) >= 11 is 2.62. The third-order valence-corrected chi connectivity index (χ3v) is 2.72. The highest BCUT2D eigenvalue weighted by Gasteiger charge is 2.14. The van der Waals surface area contributed by atoms with Crippen molar-refractivity contribution in [3.63, 3.8) is 0 Å². The van der Waals surface area contributed by atoms with Crippen molar-refractivity contribution < 1.29 is 4.79 Å². The molecule has 2 heterocycles. The Morgan fingerprint density at radius 2 is 2.23 bits per heavy atom. The molecule has 66 valence electrons. The van der Waals surface area contributed by atoms with Gasteiger partial charge in [0.1, 0.15) is 11.4 Å². The van der Waals surface area contributed by atoms with Crippen molar-refractivity contribution in [2.75, 3.05) is 0 Å². The Morgan fingerprint density at radius 1 is 1.38 bits per heavy atom. The molecule has 6 heteroatoms. The second-order valence-corrected chi connectivity index (χ2v) is 4.04. The Kier molecular flexibility index (Phi) is 2.15. The van der Waals surface area contributed by atoms with Crippen LogP contribution in [-0.4, -0.2) is 20.4 Å². The molecule has 0 saturated heterocycles. The summed E-state index contributed by atoms with van der Waals surface area (Å²) in [5, 5.41) is 7.92. The molecule has 0 amide bonds. The van der Waals surface area contributed by atoms with E-state index in [-0.39, 0.29) is 5.78 Å². The number of ketones is 1. The first-order chi connectivity index (χ1) is 6.27. The average molecular weight is 211 g/mol. The Bertz CT molecular complexity index is 421. The molecule has 0 N–H and O–H groups in total. The molecule has 2 aromatic heterocycles. The van der Waals surface area contributed by atoms with E-state index in [0.717, 1.165) is 16.5 Å². The largest absolute Gasteiger partial charge is 0.285 e. The van der Waals surface area contributed by atoms with Gasteiger partial charge in [0, 0.05) is 10.8 Å². The summed E-state index contributed by atoms with van der Waals surface area (Å²) in [5.74, 6) is -0.155. The van der Waals surface area contributed by atoms with Gasteiger partial charge in [0.05, 0.1) is 5.01 Å². The van der Waals surface area contributed by atoms with Crippen molar-refractivity contribution in [1.82, 2.24) is 14.6 Å². The van der Waals surface area contributed by atoms with Gasteiger partial charge in [-0.3, -0.25) is 4.79 Å². The molecule has 0 spiro atoms. The third-order valence-electron chi connectivity index (χ3n) is 1.44. The quantitative estimate of drug-likeness (QED) is 0.707. The summed E-state index contributed by atoms with van der Waals surface area (Å²) < 4.78 is 3.62. The number of nitrogens with zero attached hydrogens (tertiary/aromatic N) is 3. The van der Waals surface area contributed by atoms with Crippen molar-refractivity contribution in [3.05, 3.63) is 27.2 Å². The van der Waals surface area contributed by atoms with E-state index in [0.29, 0.717) is 11.4 Å². The number of thiazole rings is 1. The second-order valence-electron chi connectivity index (χ2n) is 2.37. The van der Waals surface area contributed by atoms with Gasteiger partial charge in [-0.15, -0.1) is 16.4 Å². The van der Waals surface area contributed by atoms with Gasteiger partial charge in [-0.2, -0.15) is 0 Å². The zero-order valence-electron chi connectivity index (χ0n) is 6.72. The smallest absolute Gasteiger partial charge is 0.233 e. The standard InChI is InChI=1S/C7H5N3OS2/c1-4-8-5(2-12-4)7(11)6-3-13-10-9-6/h2-3H,1H3. The molecule has 2 aromatic rings. The maximum absolute atomic E-state index is 11.6. The van der Waals surface area contributed by atoms with Gasteiger partial charge in [-0.05, 0) is 18.5 Å². The molecule has 2 rings (SSSR count). The van der Waals surface area contributed by atoms with Crippen LogP contribution >= 0.6 is 22.9 Å². The van der Waals surface area contributed by atoms with Crippen molar-refractivity contribution in [3.8, 4) is 0 Å². The number of rotatable bonds is 2. The average Bonchev–Trinajstić information content (AvgIpc) is 2.72. The lowest BCUT2D eigenvalue weighted by Gasteiger charge is -1.87. The molecule has 0 fully saturated rings. The fourth-order valence-electron chi connectivity index (χ4n) is 0.862. The topological polar surface area (TPSA) is 55.7 Å².